The van der Waals surface area contributed by atoms with Crippen LogP contribution in [0.1, 0.15) is 32.4 Å². The number of hydrogen-bond acceptors (Lipinski definition) is 2. The first kappa shape index (κ1) is 23.1. The molecule has 1 aromatic carbocycles. The number of aromatic nitrogens is 2. The van der Waals surface area contributed by atoms with E-state index in [9.17, 15) is 35.5 Å². The summed E-state index contributed by atoms with van der Waals surface area (Å²) in [6.07, 6.45) is -10.6. The van der Waals surface area contributed by atoms with Gasteiger partial charge in [-0.05, 0) is 24.1 Å². The van der Waals surface area contributed by atoms with E-state index in [0.717, 1.165) is 26.0 Å². The third-order valence-electron chi connectivity index (χ3n) is 5.41. The van der Waals surface area contributed by atoms with Gasteiger partial charge in [0.25, 0.3) is 0 Å². The van der Waals surface area contributed by atoms with Crippen LogP contribution in [0.4, 0.5) is 36.6 Å². The molecule has 1 aliphatic heterocycles. The second-order valence-electron chi connectivity index (χ2n) is 8.24. The standard InChI is InChI=1S/C20H20F7N3O/c1-18(2,20(25,26)27)10-15(31)28-17-16(11-3-5-13(21)6-4-11)14-9-12(19(22,23)24)7-8-30(14)29-17/h3-6,12H,7-10H2,1-2H3,(H,28,29,31). The van der Waals surface area contributed by atoms with Crippen LogP contribution in [0.15, 0.2) is 24.3 Å². The fourth-order valence-corrected chi connectivity index (χ4v) is 3.47. The van der Waals surface area contributed by atoms with Gasteiger partial charge in [0, 0.05) is 30.6 Å². The van der Waals surface area contributed by atoms with Gasteiger partial charge in [-0.3, -0.25) is 9.48 Å². The van der Waals surface area contributed by atoms with E-state index >= 15 is 0 Å². The number of carbonyl (C=O) groups excluding carboxylic acids is 1. The second-order valence-corrected chi connectivity index (χ2v) is 8.24. The SMILES string of the molecule is CC(C)(CC(=O)Nc1nn2c(c1-c1ccc(F)cc1)CC(C(F)(F)F)CC2)C(F)(F)F. The molecular weight excluding hydrogens is 431 g/mol. The van der Waals surface area contributed by atoms with Crippen molar-refractivity contribution >= 4 is 11.7 Å². The maximum atomic E-state index is 13.3. The zero-order chi connectivity index (χ0) is 23.2. The van der Waals surface area contributed by atoms with Gasteiger partial charge in [-0.2, -0.15) is 31.4 Å². The van der Waals surface area contributed by atoms with Gasteiger partial charge in [0.2, 0.25) is 5.91 Å². The minimum atomic E-state index is -4.63. The van der Waals surface area contributed by atoms with E-state index in [1.807, 2.05) is 0 Å². The minimum Gasteiger partial charge on any atom is -0.309 e. The molecule has 1 unspecified atom stereocenters. The van der Waals surface area contributed by atoms with Crippen molar-refractivity contribution in [2.24, 2.45) is 11.3 Å². The number of alkyl halides is 6. The van der Waals surface area contributed by atoms with Crippen LogP contribution >= 0.6 is 0 Å². The van der Waals surface area contributed by atoms with E-state index in [1.54, 1.807) is 0 Å². The van der Waals surface area contributed by atoms with Gasteiger partial charge in [0.15, 0.2) is 5.82 Å². The van der Waals surface area contributed by atoms with E-state index in [-0.39, 0.29) is 30.0 Å². The Morgan fingerprint density at radius 3 is 2.29 bits per heavy atom. The fourth-order valence-electron chi connectivity index (χ4n) is 3.47. The van der Waals surface area contributed by atoms with E-state index in [4.69, 9.17) is 0 Å². The number of rotatable bonds is 4. The molecule has 2 aromatic rings. The molecule has 1 N–H and O–H groups in total. The van der Waals surface area contributed by atoms with Crippen LogP contribution in [0.2, 0.25) is 0 Å². The lowest BCUT2D eigenvalue weighted by molar-refractivity contribution is -0.213. The normalized spacial score (nSPS) is 17.4. The Hall–Kier alpha value is -2.59. The van der Waals surface area contributed by atoms with Gasteiger partial charge in [0.1, 0.15) is 5.82 Å². The maximum absolute atomic E-state index is 13.3. The Morgan fingerprint density at radius 2 is 1.74 bits per heavy atom. The molecule has 11 heteroatoms. The number of amides is 1. The average molecular weight is 451 g/mol. The Labute approximate surface area is 173 Å². The molecule has 0 bridgehead atoms. The molecule has 0 saturated carbocycles. The van der Waals surface area contributed by atoms with E-state index in [0.29, 0.717) is 5.56 Å². The van der Waals surface area contributed by atoms with Crippen molar-refractivity contribution in [3.05, 3.63) is 35.8 Å². The maximum Gasteiger partial charge on any atom is 0.394 e. The smallest absolute Gasteiger partial charge is 0.309 e. The summed E-state index contributed by atoms with van der Waals surface area (Å²) in [5.74, 6) is -3.32. The monoisotopic (exact) mass is 451 g/mol. The summed E-state index contributed by atoms with van der Waals surface area (Å²) < 4.78 is 93.8. The highest BCUT2D eigenvalue weighted by atomic mass is 19.4. The largest absolute Gasteiger partial charge is 0.394 e. The third-order valence-corrected chi connectivity index (χ3v) is 5.41. The van der Waals surface area contributed by atoms with Crippen LogP contribution in [0, 0.1) is 17.2 Å². The Morgan fingerprint density at radius 1 is 1.13 bits per heavy atom. The highest BCUT2D eigenvalue weighted by Gasteiger charge is 2.48. The minimum absolute atomic E-state index is 0.0718. The summed E-state index contributed by atoms with van der Waals surface area (Å²) in [4.78, 5) is 12.3. The lowest BCUT2D eigenvalue weighted by atomic mass is 9.88. The number of carbonyl (C=O) groups is 1. The quantitative estimate of drug-likeness (QED) is 0.604. The second kappa shape index (κ2) is 7.83. The van der Waals surface area contributed by atoms with Gasteiger partial charge in [0.05, 0.1) is 11.3 Å². The molecule has 3 rings (SSSR count). The summed E-state index contributed by atoms with van der Waals surface area (Å²) in [7, 11) is 0. The first-order valence-corrected chi connectivity index (χ1v) is 9.48. The zero-order valence-electron chi connectivity index (χ0n) is 16.7. The molecule has 0 fully saturated rings. The molecule has 4 nitrogen and oxygen atoms in total. The number of fused-ring (bicyclic) bond motifs is 1. The summed E-state index contributed by atoms with van der Waals surface area (Å²) in [6.45, 7) is 1.68. The molecule has 0 aliphatic carbocycles. The van der Waals surface area contributed by atoms with Gasteiger partial charge in [-0.15, -0.1) is 0 Å². The molecule has 0 spiro atoms. The highest BCUT2D eigenvalue weighted by molar-refractivity contribution is 5.95. The third kappa shape index (κ3) is 4.85. The molecule has 1 amide bonds. The molecule has 1 aliphatic rings. The Balaban J connectivity index is 1.98. The number of benzene rings is 1. The Kier molecular flexibility index (Phi) is 5.83. The molecule has 1 atom stereocenters. The molecular formula is C20H20F7N3O. The molecule has 0 saturated heterocycles. The predicted octanol–water partition coefficient (Wildman–Crippen LogP) is 5.73. The van der Waals surface area contributed by atoms with Gasteiger partial charge in [-0.1, -0.05) is 26.0 Å². The van der Waals surface area contributed by atoms with Crippen LogP contribution in [-0.2, 0) is 17.8 Å². The molecule has 2 heterocycles. The zero-order valence-corrected chi connectivity index (χ0v) is 16.7. The first-order chi connectivity index (χ1) is 14.2. The van der Waals surface area contributed by atoms with Crippen molar-refractivity contribution in [2.45, 2.75) is 52.0 Å². The van der Waals surface area contributed by atoms with Crippen LogP contribution in [-0.4, -0.2) is 28.0 Å². The molecule has 31 heavy (non-hydrogen) atoms. The lowest BCUT2D eigenvalue weighted by Crippen LogP contribution is -2.36. The lowest BCUT2D eigenvalue weighted by Gasteiger charge is -2.26. The number of nitrogens with one attached hydrogen (secondary N) is 1. The number of aryl methyl sites for hydroxylation is 1. The molecule has 1 aromatic heterocycles. The van der Waals surface area contributed by atoms with E-state index in [1.165, 1.54) is 16.8 Å². The van der Waals surface area contributed by atoms with Crippen molar-refractivity contribution in [1.29, 1.82) is 0 Å². The number of anilines is 1. The van der Waals surface area contributed by atoms with Crippen LogP contribution in [0.25, 0.3) is 11.1 Å². The van der Waals surface area contributed by atoms with Crippen molar-refractivity contribution < 1.29 is 35.5 Å². The topological polar surface area (TPSA) is 46.9 Å². The van der Waals surface area contributed by atoms with Gasteiger partial charge < -0.3 is 5.32 Å². The fraction of sp³-hybridized carbons (Fsp3) is 0.500. The van der Waals surface area contributed by atoms with Crippen molar-refractivity contribution in [3.8, 4) is 11.1 Å². The number of halogens is 7. The van der Waals surface area contributed by atoms with Crippen molar-refractivity contribution in [2.75, 3.05) is 5.32 Å². The first-order valence-electron chi connectivity index (χ1n) is 9.48. The summed E-state index contributed by atoms with van der Waals surface area (Å²) >= 11 is 0. The summed E-state index contributed by atoms with van der Waals surface area (Å²) in [5, 5.41) is 6.46. The van der Waals surface area contributed by atoms with Crippen molar-refractivity contribution in [3.63, 3.8) is 0 Å². The highest BCUT2D eigenvalue weighted by Crippen LogP contribution is 2.42. The van der Waals surface area contributed by atoms with Crippen LogP contribution in [0.3, 0.4) is 0 Å². The molecule has 170 valence electrons. The number of hydrogen-bond donors (Lipinski definition) is 1. The number of nitrogens with zero attached hydrogens (tertiary/aromatic N) is 2. The predicted molar refractivity (Wildman–Crippen MR) is 98.6 cm³/mol. The van der Waals surface area contributed by atoms with E-state index < -0.39 is 48.3 Å². The summed E-state index contributed by atoms with van der Waals surface area (Å²) in [6, 6.07) is 4.84. The van der Waals surface area contributed by atoms with Gasteiger partial charge in [-0.25, -0.2) is 4.39 Å². The Bertz CT molecular complexity index is 959. The van der Waals surface area contributed by atoms with Gasteiger partial charge >= 0.3 is 12.4 Å². The molecule has 0 radical (unpaired) electrons. The van der Waals surface area contributed by atoms with E-state index in [2.05, 4.69) is 10.4 Å². The van der Waals surface area contributed by atoms with Crippen molar-refractivity contribution in [1.82, 2.24) is 9.78 Å². The van der Waals surface area contributed by atoms with Crippen LogP contribution in [0.5, 0.6) is 0 Å². The van der Waals surface area contributed by atoms with Crippen LogP contribution < -0.4 is 5.32 Å². The summed E-state index contributed by atoms with van der Waals surface area (Å²) in [5.41, 5.74) is -1.68. The average Bonchev–Trinajstić information content (AvgIpc) is 2.97.